The van der Waals surface area contributed by atoms with E-state index in [4.69, 9.17) is 9.47 Å². The van der Waals surface area contributed by atoms with Gasteiger partial charge in [0.05, 0.1) is 24.5 Å². The first-order valence-corrected chi connectivity index (χ1v) is 13.7. The molecule has 2 amide bonds. The molecule has 3 aliphatic heterocycles. The van der Waals surface area contributed by atoms with Crippen molar-refractivity contribution >= 4 is 23.5 Å². The number of rotatable bonds is 13. The zero-order chi connectivity index (χ0) is 27.4. The minimum absolute atomic E-state index is 0.116. The molecule has 206 valence electrons. The first-order valence-electron chi connectivity index (χ1n) is 13.7. The number of fused-ring (bicyclic) bond motifs is 1. The number of carbonyl (C=O) groups is 3. The van der Waals surface area contributed by atoms with Crippen molar-refractivity contribution in [3.05, 3.63) is 54.6 Å². The Morgan fingerprint density at radius 2 is 1.95 bits per heavy atom. The van der Waals surface area contributed by atoms with Gasteiger partial charge in [0.15, 0.2) is 0 Å². The van der Waals surface area contributed by atoms with E-state index in [2.05, 4.69) is 13.2 Å². The van der Waals surface area contributed by atoms with Crippen molar-refractivity contribution in [3.63, 3.8) is 0 Å². The SMILES string of the molecule is C=CCCCCOC(=O)[C@@H]1[C@H]2C(=O)N(CCCO)C(C(=O)N(CC=C)c3c(C)cccc3C)C23CC[C@H]1O3. The minimum atomic E-state index is -1.10. The number of para-hydroxylation sites is 1. The van der Waals surface area contributed by atoms with Crippen LogP contribution >= 0.6 is 0 Å². The van der Waals surface area contributed by atoms with Crippen molar-refractivity contribution in [1.29, 1.82) is 0 Å². The molecule has 8 nitrogen and oxygen atoms in total. The van der Waals surface area contributed by atoms with Gasteiger partial charge in [0.25, 0.3) is 5.91 Å². The molecular weight excluding hydrogens is 484 g/mol. The summed E-state index contributed by atoms with van der Waals surface area (Å²) in [5, 5.41) is 9.56. The standard InChI is InChI=1S/C30H40N2O6/c1-5-7-8-9-19-37-29(36)23-22-14-15-30(38-22)24(23)27(34)32(17-11-18-33)26(30)28(35)31(16-6-2)25-20(3)12-10-13-21(25)4/h5-6,10,12-13,22-24,26,33H,1-2,7-9,11,14-19H2,3-4H3/t22-,23+,24+,26?,30?/m1/s1. The van der Waals surface area contributed by atoms with Crippen LogP contribution in [0.1, 0.15) is 49.7 Å². The van der Waals surface area contributed by atoms with Crippen molar-refractivity contribution < 1.29 is 29.0 Å². The number of nitrogens with zero attached hydrogens (tertiary/aromatic N) is 2. The number of aliphatic hydroxyl groups excluding tert-OH is 1. The molecule has 3 heterocycles. The first kappa shape index (κ1) is 28.0. The summed E-state index contributed by atoms with van der Waals surface area (Å²) in [7, 11) is 0. The van der Waals surface area contributed by atoms with E-state index in [1.807, 2.05) is 38.1 Å². The number of aryl methyl sites for hydroxylation is 2. The third-order valence-electron chi connectivity index (χ3n) is 8.20. The van der Waals surface area contributed by atoms with Crippen LogP contribution in [-0.2, 0) is 23.9 Å². The summed E-state index contributed by atoms with van der Waals surface area (Å²) in [5.41, 5.74) is 1.57. The topological polar surface area (TPSA) is 96.4 Å². The molecular formula is C30H40N2O6. The van der Waals surface area contributed by atoms with Gasteiger partial charge < -0.3 is 24.4 Å². The summed E-state index contributed by atoms with van der Waals surface area (Å²) in [6, 6.07) is 4.95. The number of carbonyl (C=O) groups excluding carboxylic acids is 3. The summed E-state index contributed by atoms with van der Waals surface area (Å²) >= 11 is 0. The molecule has 0 aromatic heterocycles. The maximum atomic E-state index is 14.5. The number of unbranched alkanes of at least 4 members (excludes halogenated alkanes) is 2. The van der Waals surface area contributed by atoms with Gasteiger partial charge in [-0.05, 0) is 63.5 Å². The smallest absolute Gasteiger partial charge is 0.312 e. The number of hydrogen-bond donors (Lipinski definition) is 1. The van der Waals surface area contributed by atoms with E-state index in [0.717, 1.165) is 36.1 Å². The first-order chi connectivity index (χ1) is 18.3. The van der Waals surface area contributed by atoms with Crippen LogP contribution in [0.15, 0.2) is 43.5 Å². The highest BCUT2D eigenvalue weighted by Gasteiger charge is 2.75. The number of amides is 2. The Hall–Kier alpha value is -2.97. The van der Waals surface area contributed by atoms with Crippen LogP contribution in [0.25, 0.3) is 0 Å². The average molecular weight is 525 g/mol. The molecule has 1 spiro atoms. The molecule has 4 rings (SSSR count). The number of benzene rings is 1. The quantitative estimate of drug-likeness (QED) is 0.241. The Balaban J connectivity index is 1.68. The van der Waals surface area contributed by atoms with E-state index in [1.54, 1.807) is 15.9 Å². The predicted octanol–water partition coefficient (Wildman–Crippen LogP) is 3.48. The fraction of sp³-hybridized carbons (Fsp3) is 0.567. The Kier molecular flexibility index (Phi) is 8.73. The molecule has 0 saturated carbocycles. The zero-order valence-corrected chi connectivity index (χ0v) is 22.6. The zero-order valence-electron chi connectivity index (χ0n) is 22.6. The Bertz CT molecular complexity index is 1070. The maximum Gasteiger partial charge on any atom is 0.312 e. The molecule has 0 aliphatic carbocycles. The second-order valence-electron chi connectivity index (χ2n) is 10.6. The van der Waals surface area contributed by atoms with Gasteiger partial charge in [-0.15, -0.1) is 13.2 Å². The summed E-state index contributed by atoms with van der Waals surface area (Å²) in [5.74, 6) is -2.47. The Morgan fingerprint density at radius 1 is 1.21 bits per heavy atom. The van der Waals surface area contributed by atoms with E-state index in [9.17, 15) is 19.5 Å². The molecule has 3 saturated heterocycles. The van der Waals surface area contributed by atoms with Crippen LogP contribution in [0.4, 0.5) is 5.69 Å². The van der Waals surface area contributed by atoms with Gasteiger partial charge in [-0.2, -0.15) is 0 Å². The number of hydrogen-bond acceptors (Lipinski definition) is 6. The Labute approximate surface area is 225 Å². The largest absolute Gasteiger partial charge is 0.465 e. The summed E-state index contributed by atoms with van der Waals surface area (Å²) < 4.78 is 12.1. The van der Waals surface area contributed by atoms with Gasteiger partial charge in [-0.1, -0.05) is 30.4 Å². The van der Waals surface area contributed by atoms with Gasteiger partial charge in [-0.25, -0.2) is 0 Å². The highest BCUT2D eigenvalue weighted by molar-refractivity contribution is 6.05. The van der Waals surface area contributed by atoms with Crippen LogP contribution in [0.3, 0.4) is 0 Å². The minimum Gasteiger partial charge on any atom is -0.465 e. The second-order valence-corrected chi connectivity index (χ2v) is 10.6. The number of likely N-dealkylation sites (tertiary alicyclic amines) is 1. The van der Waals surface area contributed by atoms with Gasteiger partial charge in [0.2, 0.25) is 5.91 Å². The molecule has 3 fully saturated rings. The molecule has 8 heteroatoms. The summed E-state index contributed by atoms with van der Waals surface area (Å²) in [4.78, 5) is 44.9. The fourth-order valence-electron chi connectivity index (χ4n) is 6.64. The van der Waals surface area contributed by atoms with Crippen molar-refractivity contribution in [3.8, 4) is 0 Å². The van der Waals surface area contributed by atoms with Gasteiger partial charge in [0.1, 0.15) is 11.6 Å². The molecule has 38 heavy (non-hydrogen) atoms. The highest BCUT2D eigenvalue weighted by Crippen LogP contribution is 2.59. The molecule has 0 radical (unpaired) electrons. The van der Waals surface area contributed by atoms with Crippen LogP contribution < -0.4 is 4.90 Å². The number of ether oxygens (including phenoxy) is 2. The lowest BCUT2D eigenvalue weighted by Gasteiger charge is -2.37. The monoisotopic (exact) mass is 524 g/mol. The lowest BCUT2D eigenvalue weighted by molar-refractivity contribution is -0.155. The van der Waals surface area contributed by atoms with Gasteiger partial charge in [0, 0.05) is 25.4 Å². The third kappa shape index (κ3) is 4.80. The number of aliphatic hydroxyl groups is 1. The maximum absolute atomic E-state index is 14.5. The normalized spacial score (nSPS) is 27.3. The van der Waals surface area contributed by atoms with Crippen LogP contribution in [-0.4, -0.2) is 71.8 Å². The van der Waals surface area contributed by atoms with Crippen molar-refractivity contribution in [2.24, 2.45) is 11.8 Å². The number of anilines is 1. The second kappa shape index (κ2) is 11.8. The lowest BCUT2D eigenvalue weighted by atomic mass is 9.70. The van der Waals surface area contributed by atoms with Crippen LogP contribution in [0.2, 0.25) is 0 Å². The molecule has 5 atom stereocenters. The predicted molar refractivity (Wildman–Crippen MR) is 144 cm³/mol. The summed E-state index contributed by atoms with van der Waals surface area (Å²) in [6.45, 7) is 12.1. The molecule has 1 N–H and O–H groups in total. The summed E-state index contributed by atoms with van der Waals surface area (Å²) in [6.07, 6.45) is 6.92. The van der Waals surface area contributed by atoms with Crippen LogP contribution in [0.5, 0.6) is 0 Å². The van der Waals surface area contributed by atoms with E-state index in [-0.39, 0.29) is 38.1 Å². The average Bonchev–Trinajstić information content (AvgIpc) is 3.53. The lowest BCUT2D eigenvalue weighted by Crippen LogP contribution is -2.56. The van der Waals surface area contributed by atoms with E-state index in [1.165, 1.54) is 0 Å². The van der Waals surface area contributed by atoms with Gasteiger partial charge in [-0.3, -0.25) is 14.4 Å². The van der Waals surface area contributed by atoms with E-state index in [0.29, 0.717) is 19.3 Å². The van der Waals surface area contributed by atoms with E-state index < -0.39 is 35.6 Å². The molecule has 3 aliphatic rings. The molecule has 2 bridgehead atoms. The van der Waals surface area contributed by atoms with Crippen molar-refractivity contribution in [2.75, 3.05) is 31.2 Å². The Morgan fingerprint density at radius 3 is 2.61 bits per heavy atom. The molecule has 2 unspecified atom stereocenters. The third-order valence-corrected chi connectivity index (χ3v) is 8.20. The highest BCUT2D eigenvalue weighted by atomic mass is 16.6. The molecule has 1 aromatic carbocycles. The molecule has 1 aromatic rings. The van der Waals surface area contributed by atoms with Crippen molar-refractivity contribution in [1.82, 2.24) is 4.90 Å². The van der Waals surface area contributed by atoms with Crippen molar-refractivity contribution in [2.45, 2.75) is 70.1 Å². The van der Waals surface area contributed by atoms with Crippen LogP contribution in [0, 0.1) is 25.7 Å². The fourth-order valence-corrected chi connectivity index (χ4v) is 6.64. The number of esters is 1. The van der Waals surface area contributed by atoms with Gasteiger partial charge >= 0.3 is 5.97 Å². The van der Waals surface area contributed by atoms with E-state index >= 15 is 0 Å². The number of allylic oxidation sites excluding steroid dienone is 1.